The van der Waals surface area contributed by atoms with Crippen LogP contribution < -0.4 is 5.32 Å². The highest BCUT2D eigenvalue weighted by molar-refractivity contribution is 6.07. The van der Waals surface area contributed by atoms with Crippen molar-refractivity contribution in [1.82, 2.24) is 5.32 Å². The minimum atomic E-state index is -0.903. The maximum atomic E-state index is 13.5. The minimum absolute atomic E-state index is 0.0294. The van der Waals surface area contributed by atoms with Crippen molar-refractivity contribution >= 4 is 16.8 Å². The SMILES string of the molecule is CNCC(=O)c1c(F)cc(F)c2ccoc12. The minimum Gasteiger partial charge on any atom is -0.463 e. The van der Waals surface area contributed by atoms with Crippen LogP contribution >= 0.6 is 0 Å². The van der Waals surface area contributed by atoms with Gasteiger partial charge >= 0.3 is 0 Å². The van der Waals surface area contributed by atoms with Gasteiger partial charge in [0.05, 0.1) is 23.8 Å². The van der Waals surface area contributed by atoms with Gasteiger partial charge in [-0.05, 0) is 13.1 Å². The average molecular weight is 225 g/mol. The molecule has 1 heterocycles. The van der Waals surface area contributed by atoms with E-state index in [1.54, 1.807) is 7.05 Å². The van der Waals surface area contributed by atoms with Gasteiger partial charge in [-0.1, -0.05) is 0 Å². The Labute approximate surface area is 90.0 Å². The highest BCUT2D eigenvalue weighted by atomic mass is 19.1. The average Bonchev–Trinajstić information content (AvgIpc) is 2.66. The topological polar surface area (TPSA) is 42.2 Å². The molecule has 5 heteroatoms. The van der Waals surface area contributed by atoms with Crippen LogP contribution in [0.25, 0.3) is 11.0 Å². The summed E-state index contributed by atoms with van der Waals surface area (Å²) in [7, 11) is 1.57. The van der Waals surface area contributed by atoms with E-state index in [9.17, 15) is 13.6 Å². The van der Waals surface area contributed by atoms with Crippen LogP contribution in [0, 0.1) is 11.6 Å². The van der Waals surface area contributed by atoms with Crippen LogP contribution in [-0.4, -0.2) is 19.4 Å². The van der Waals surface area contributed by atoms with Gasteiger partial charge in [-0.25, -0.2) is 8.78 Å². The molecule has 2 aromatic rings. The summed E-state index contributed by atoms with van der Waals surface area (Å²) in [5, 5.41) is 2.72. The molecule has 0 fully saturated rings. The van der Waals surface area contributed by atoms with Crippen molar-refractivity contribution < 1.29 is 18.0 Å². The smallest absolute Gasteiger partial charge is 0.183 e. The number of furan rings is 1. The number of hydrogen-bond donors (Lipinski definition) is 1. The van der Waals surface area contributed by atoms with Crippen molar-refractivity contribution in [3.05, 3.63) is 35.6 Å². The van der Waals surface area contributed by atoms with Gasteiger partial charge in [0.25, 0.3) is 0 Å². The summed E-state index contributed by atoms with van der Waals surface area (Å²) in [6.07, 6.45) is 1.23. The highest BCUT2D eigenvalue weighted by Gasteiger charge is 2.20. The molecule has 0 saturated heterocycles. The molecule has 0 bridgehead atoms. The largest absolute Gasteiger partial charge is 0.463 e. The predicted molar refractivity (Wildman–Crippen MR) is 54.4 cm³/mol. The van der Waals surface area contributed by atoms with Gasteiger partial charge in [0.2, 0.25) is 0 Å². The van der Waals surface area contributed by atoms with E-state index in [-0.39, 0.29) is 23.1 Å². The number of hydrogen-bond acceptors (Lipinski definition) is 3. The first-order valence-electron chi connectivity index (χ1n) is 4.68. The number of carbonyl (C=O) groups excluding carboxylic acids is 1. The Balaban J connectivity index is 2.68. The Morgan fingerprint density at radius 2 is 2.19 bits per heavy atom. The van der Waals surface area contributed by atoms with E-state index in [2.05, 4.69) is 5.32 Å². The first kappa shape index (κ1) is 10.8. The standard InChI is InChI=1S/C11H9F2NO2/c1-14-5-9(15)10-8(13)4-7(12)6-2-3-16-11(6)10/h2-4,14H,5H2,1H3. The van der Waals surface area contributed by atoms with Crippen LogP contribution in [0.3, 0.4) is 0 Å². The molecule has 0 aliphatic heterocycles. The fourth-order valence-electron chi connectivity index (χ4n) is 1.57. The highest BCUT2D eigenvalue weighted by Crippen LogP contribution is 2.26. The fourth-order valence-corrected chi connectivity index (χ4v) is 1.57. The van der Waals surface area contributed by atoms with Crippen molar-refractivity contribution in [2.75, 3.05) is 13.6 Å². The van der Waals surface area contributed by atoms with Gasteiger partial charge < -0.3 is 9.73 Å². The number of rotatable bonds is 3. The molecule has 0 radical (unpaired) electrons. The molecule has 3 nitrogen and oxygen atoms in total. The van der Waals surface area contributed by atoms with E-state index in [1.807, 2.05) is 0 Å². The molecule has 0 unspecified atom stereocenters. The summed E-state index contributed by atoms with van der Waals surface area (Å²) in [6, 6.07) is 2.06. The van der Waals surface area contributed by atoms with E-state index in [0.717, 1.165) is 0 Å². The molecule has 2 rings (SSSR count). The number of Topliss-reactive ketones (excluding diaryl/α,β-unsaturated/α-hetero) is 1. The number of halogens is 2. The van der Waals surface area contributed by atoms with Crippen molar-refractivity contribution in [3.63, 3.8) is 0 Å². The number of likely N-dealkylation sites (N-methyl/N-ethyl adjacent to an activating group) is 1. The predicted octanol–water partition coefficient (Wildman–Crippen LogP) is 2.11. The number of ketones is 1. The zero-order valence-electron chi connectivity index (χ0n) is 8.51. The van der Waals surface area contributed by atoms with Crippen LogP contribution in [0.2, 0.25) is 0 Å². The van der Waals surface area contributed by atoms with Gasteiger partial charge in [0.15, 0.2) is 11.4 Å². The summed E-state index contributed by atoms with van der Waals surface area (Å²) >= 11 is 0. The third kappa shape index (κ3) is 1.59. The van der Waals surface area contributed by atoms with E-state index in [1.165, 1.54) is 12.3 Å². The lowest BCUT2D eigenvalue weighted by Crippen LogP contribution is -2.20. The molecular weight excluding hydrogens is 216 g/mol. The Kier molecular flexibility index (Phi) is 2.70. The first-order chi connectivity index (χ1) is 7.65. The molecule has 0 aliphatic carbocycles. The number of nitrogens with one attached hydrogen (secondary N) is 1. The molecule has 0 amide bonds. The van der Waals surface area contributed by atoms with Crippen molar-refractivity contribution in [2.24, 2.45) is 0 Å². The summed E-state index contributed by atoms with van der Waals surface area (Å²) in [6.45, 7) is -0.0294. The summed E-state index contributed by atoms with van der Waals surface area (Å²) in [5.74, 6) is -2.11. The Morgan fingerprint density at radius 1 is 1.44 bits per heavy atom. The van der Waals surface area contributed by atoms with Gasteiger partial charge in [0.1, 0.15) is 11.6 Å². The summed E-state index contributed by atoms with van der Waals surface area (Å²) in [4.78, 5) is 11.6. The maximum absolute atomic E-state index is 13.5. The van der Waals surface area contributed by atoms with E-state index in [0.29, 0.717) is 6.07 Å². The van der Waals surface area contributed by atoms with Gasteiger partial charge in [0, 0.05) is 6.07 Å². The second-order valence-electron chi connectivity index (χ2n) is 3.33. The number of carbonyl (C=O) groups is 1. The second kappa shape index (κ2) is 4.02. The van der Waals surface area contributed by atoms with Crippen molar-refractivity contribution in [3.8, 4) is 0 Å². The summed E-state index contributed by atoms with van der Waals surface area (Å²) < 4.78 is 31.7. The lowest BCUT2D eigenvalue weighted by Gasteiger charge is -2.03. The Bertz CT molecular complexity index is 548. The first-order valence-corrected chi connectivity index (χ1v) is 4.68. The normalized spacial score (nSPS) is 10.9. The Morgan fingerprint density at radius 3 is 2.88 bits per heavy atom. The van der Waals surface area contributed by atoms with Crippen molar-refractivity contribution in [2.45, 2.75) is 0 Å². The van der Waals surface area contributed by atoms with Gasteiger partial charge in [-0.15, -0.1) is 0 Å². The van der Waals surface area contributed by atoms with E-state index in [4.69, 9.17) is 4.42 Å². The quantitative estimate of drug-likeness (QED) is 0.813. The van der Waals surface area contributed by atoms with Crippen LogP contribution in [0.15, 0.2) is 22.8 Å². The molecule has 84 valence electrons. The van der Waals surface area contributed by atoms with Crippen LogP contribution in [-0.2, 0) is 0 Å². The molecule has 1 aromatic carbocycles. The second-order valence-corrected chi connectivity index (χ2v) is 3.33. The lowest BCUT2D eigenvalue weighted by atomic mass is 10.1. The molecule has 0 spiro atoms. The Hall–Kier alpha value is -1.75. The monoisotopic (exact) mass is 225 g/mol. The summed E-state index contributed by atoms with van der Waals surface area (Å²) in [5.41, 5.74) is -0.256. The molecule has 0 atom stereocenters. The number of fused-ring (bicyclic) bond motifs is 1. The zero-order valence-corrected chi connectivity index (χ0v) is 8.51. The molecule has 1 N–H and O–H groups in total. The third-order valence-corrected chi connectivity index (χ3v) is 2.26. The third-order valence-electron chi connectivity index (χ3n) is 2.26. The zero-order chi connectivity index (χ0) is 11.7. The van der Waals surface area contributed by atoms with Gasteiger partial charge in [-0.3, -0.25) is 4.79 Å². The van der Waals surface area contributed by atoms with Crippen LogP contribution in [0.1, 0.15) is 10.4 Å². The van der Waals surface area contributed by atoms with E-state index < -0.39 is 17.4 Å². The molecule has 0 saturated carbocycles. The lowest BCUT2D eigenvalue weighted by molar-refractivity contribution is 0.0990. The van der Waals surface area contributed by atoms with Gasteiger partial charge in [-0.2, -0.15) is 0 Å². The van der Waals surface area contributed by atoms with Crippen LogP contribution in [0.4, 0.5) is 8.78 Å². The number of benzene rings is 1. The van der Waals surface area contributed by atoms with Crippen molar-refractivity contribution in [1.29, 1.82) is 0 Å². The molecule has 16 heavy (non-hydrogen) atoms. The molecule has 0 aliphatic rings. The van der Waals surface area contributed by atoms with Crippen LogP contribution in [0.5, 0.6) is 0 Å². The fraction of sp³-hybridized carbons (Fsp3) is 0.182. The van der Waals surface area contributed by atoms with E-state index >= 15 is 0 Å². The molecular formula is C11H9F2NO2. The molecule has 1 aromatic heterocycles. The maximum Gasteiger partial charge on any atom is 0.183 e.